The minimum atomic E-state index is 0.703. The van der Waals surface area contributed by atoms with Gasteiger partial charge in [-0.15, -0.1) is 11.6 Å². The van der Waals surface area contributed by atoms with Crippen molar-refractivity contribution in [3.8, 4) is 0 Å². The molecule has 1 atom stereocenters. The highest BCUT2D eigenvalue weighted by Gasteiger charge is 2.14. The second kappa shape index (κ2) is 5.53. The summed E-state index contributed by atoms with van der Waals surface area (Å²) in [7, 11) is 0. The standard InChI is InChI=1S/C13H18ClN/c14-7-6-11-3-1-4-12(9-11)13-5-2-8-15-10-13/h1,3-4,9,13,15H,2,5-8,10H2. The SMILES string of the molecule is ClCCc1cccc(C2CCCNC2)c1. The van der Waals surface area contributed by atoms with Crippen LogP contribution < -0.4 is 5.32 Å². The summed E-state index contributed by atoms with van der Waals surface area (Å²) in [4.78, 5) is 0. The van der Waals surface area contributed by atoms with E-state index < -0.39 is 0 Å². The van der Waals surface area contributed by atoms with Crippen LogP contribution in [0.3, 0.4) is 0 Å². The van der Waals surface area contributed by atoms with Gasteiger partial charge in [0.05, 0.1) is 0 Å². The summed E-state index contributed by atoms with van der Waals surface area (Å²) in [6.07, 6.45) is 3.59. The van der Waals surface area contributed by atoms with E-state index in [1.54, 1.807) is 0 Å². The minimum Gasteiger partial charge on any atom is -0.316 e. The molecule has 82 valence electrons. The summed E-state index contributed by atoms with van der Waals surface area (Å²) in [5.74, 6) is 1.42. The molecule has 1 aromatic carbocycles. The maximum absolute atomic E-state index is 5.76. The first-order chi connectivity index (χ1) is 7.40. The van der Waals surface area contributed by atoms with Gasteiger partial charge in [0.2, 0.25) is 0 Å². The second-order valence-corrected chi connectivity index (χ2v) is 4.61. The molecular weight excluding hydrogens is 206 g/mol. The van der Waals surface area contributed by atoms with Gasteiger partial charge in [-0.05, 0) is 42.9 Å². The summed E-state index contributed by atoms with van der Waals surface area (Å²) >= 11 is 5.76. The van der Waals surface area contributed by atoms with Crippen LogP contribution in [0.1, 0.15) is 29.9 Å². The van der Waals surface area contributed by atoms with Crippen LogP contribution in [-0.4, -0.2) is 19.0 Å². The first-order valence-corrected chi connectivity index (χ1v) is 6.29. The molecule has 0 bridgehead atoms. The van der Waals surface area contributed by atoms with E-state index in [0.29, 0.717) is 11.8 Å². The Bertz CT molecular complexity index is 305. The average Bonchev–Trinajstić information content (AvgIpc) is 2.31. The number of alkyl halides is 1. The van der Waals surface area contributed by atoms with Gasteiger partial charge in [0.15, 0.2) is 0 Å². The van der Waals surface area contributed by atoms with E-state index in [2.05, 4.69) is 29.6 Å². The lowest BCUT2D eigenvalue weighted by atomic mass is 9.90. The molecule has 0 spiro atoms. The van der Waals surface area contributed by atoms with E-state index >= 15 is 0 Å². The molecule has 1 N–H and O–H groups in total. The van der Waals surface area contributed by atoms with Crippen LogP contribution in [0, 0.1) is 0 Å². The fourth-order valence-corrected chi connectivity index (χ4v) is 2.47. The lowest BCUT2D eigenvalue weighted by molar-refractivity contribution is 0.461. The molecule has 0 aromatic heterocycles. The van der Waals surface area contributed by atoms with Gasteiger partial charge in [-0.2, -0.15) is 0 Å². The molecule has 0 amide bonds. The normalized spacial score (nSPS) is 21.5. The fourth-order valence-electron chi connectivity index (χ4n) is 2.25. The zero-order valence-corrected chi connectivity index (χ0v) is 9.76. The summed E-state index contributed by atoms with van der Waals surface area (Å²) in [6, 6.07) is 8.89. The summed E-state index contributed by atoms with van der Waals surface area (Å²) in [5.41, 5.74) is 2.85. The fraction of sp³-hybridized carbons (Fsp3) is 0.538. The van der Waals surface area contributed by atoms with E-state index in [1.165, 1.54) is 30.5 Å². The molecule has 15 heavy (non-hydrogen) atoms. The predicted octanol–water partition coefficient (Wildman–Crippen LogP) is 2.93. The molecule has 1 nitrogen and oxygen atoms in total. The number of piperidine rings is 1. The van der Waals surface area contributed by atoms with Crippen LogP contribution >= 0.6 is 11.6 Å². The van der Waals surface area contributed by atoms with Crippen molar-refractivity contribution in [1.29, 1.82) is 0 Å². The van der Waals surface area contributed by atoms with Gasteiger partial charge in [0, 0.05) is 12.4 Å². The van der Waals surface area contributed by atoms with E-state index in [1.807, 2.05) is 0 Å². The van der Waals surface area contributed by atoms with Gasteiger partial charge in [-0.1, -0.05) is 24.3 Å². The monoisotopic (exact) mass is 223 g/mol. The summed E-state index contributed by atoms with van der Waals surface area (Å²) in [6.45, 7) is 2.31. The van der Waals surface area contributed by atoms with E-state index in [4.69, 9.17) is 11.6 Å². The summed E-state index contributed by atoms with van der Waals surface area (Å²) in [5, 5.41) is 3.46. The van der Waals surface area contributed by atoms with Crippen molar-refractivity contribution >= 4 is 11.6 Å². The largest absolute Gasteiger partial charge is 0.316 e. The minimum absolute atomic E-state index is 0.703. The number of hydrogen-bond donors (Lipinski definition) is 1. The number of rotatable bonds is 3. The third kappa shape index (κ3) is 2.96. The molecule has 1 saturated heterocycles. The zero-order chi connectivity index (χ0) is 10.5. The Morgan fingerprint density at radius 2 is 2.33 bits per heavy atom. The highest BCUT2D eigenvalue weighted by molar-refractivity contribution is 6.17. The molecular formula is C13H18ClN. The van der Waals surface area contributed by atoms with Crippen molar-refractivity contribution in [2.24, 2.45) is 0 Å². The molecule has 0 radical (unpaired) electrons. The van der Waals surface area contributed by atoms with Crippen LogP contribution in [-0.2, 0) is 6.42 Å². The zero-order valence-electron chi connectivity index (χ0n) is 9.01. The average molecular weight is 224 g/mol. The maximum atomic E-state index is 5.76. The first kappa shape index (κ1) is 11.0. The predicted molar refractivity (Wildman–Crippen MR) is 65.7 cm³/mol. The summed E-state index contributed by atoms with van der Waals surface area (Å²) < 4.78 is 0. The molecule has 0 aliphatic carbocycles. The number of hydrogen-bond acceptors (Lipinski definition) is 1. The molecule has 0 saturated carbocycles. The maximum Gasteiger partial charge on any atom is 0.0263 e. The van der Waals surface area contributed by atoms with E-state index in [0.717, 1.165) is 13.0 Å². The van der Waals surface area contributed by atoms with Crippen LogP contribution in [0.15, 0.2) is 24.3 Å². The molecule has 2 heteroatoms. The molecule has 1 aliphatic rings. The molecule has 1 aliphatic heterocycles. The van der Waals surface area contributed by atoms with Gasteiger partial charge in [0.25, 0.3) is 0 Å². The molecule has 1 heterocycles. The molecule has 2 rings (SSSR count). The third-order valence-corrected chi connectivity index (χ3v) is 3.29. The molecule has 1 unspecified atom stereocenters. The van der Waals surface area contributed by atoms with Gasteiger partial charge in [-0.25, -0.2) is 0 Å². The van der Waals surface area contributed by atoms with Crippen molar-refractivity contribution in [3.05, 3.63) is 35.4 Å². The Kier molecular flexibility index (Phi) is 4.04. The van der Waals surface area contributed by atoms with Crippen molar-refractivity contribution in [1.82, 2.24) is 5.32 Å². The number of nitrogens with one attached hydrogen (secondary N) is 1. The highest BCUT2D eigenvalue weighted by Crippen LogP contribution is 2.23. The van der Waals surface area contributed by atoms with Crippen molar-refractivity contribution in [2.45, 2.75) is 25.2 Å². The number of benzene rings is 1. The van der Waals surface area contributed by atoms with Crippen molar-refractivity contribution in [2.75, 3.05) is 19.0 Å². The molecule has 1 fully saturated rings. The molecule has 1 aromatic rings. The van der Waals surface area contributed by atoms with E-state index in [9.17, 15) is 0 Å². The lowest BCUT2D eigenvalue weighted by Crippen LogP contribution is -2.28. The Morgan fingerprint density at radius 3 is 3.07 bits per heavy atom. The second-order valence-electron chi connectivity index (χ2n) is 4.23. The van der Waals surface area contributed by atoms with Gasteiger partial charge < -0.3 is 5.32 Å². The smallest absolute Gasteiger partial charge is 0.0263 e. The van der Waals surface area contributed by atoms with Gasteiger partial charge in [0.1, 0.15) is 0 Å². The van der Waals surface area contributed by atoms with Crippen LogP contribution in [0.25, 0.3) is 0 Å². The van der Waals surface area contributed by atoms with Crippen LogP contribution in [0.4, 0.5) is 0 Å². The van der Waals surface area contributed by atoms with E-state index in [-0.39, 0.29) is 0 Å². The van der Waals surface area contributed by atoms with Gasteiger partial charge in [-0.3, -0.25) is 0 Å². The highest BCUT2D eigenvalue weighted by atomic mass is 35.5. The Morgan fingerprint density at radius 1 is 1.40 bits per heavy atom. The Balaban J connectivity index is 2.09. The van der Waals surface area contributed by atoms with Crippen molar-refractivity contribution < 1.29 is 0 Å². The lowest BCUT2D eigenvalue weighted by Gasteiger charge is -2.23. The quantitative estimate of drug-likeness (QED) is 0.778. The van der Waals surface area contributed by atoms with Gasteiger partial charge >= 0.3 is 0 Å². The third-order valence-electron chi connectivity index (χ3n) is 3.10. The first-order valence-electron chi connectivity index (χ1n) is 5.75. The van der Waals surface area contributed by atoms with Crippen LogP contribution in [0.2, 0.25) is 0 Å². The number of aryl methyl sites for hydroxylation is 1. The van der Waals surface area contributed by atoms with Crippen molar-refractivity contribution in [3.63, 3.8) is 0 Å². The van der Waals surface area contributed by atoms with Crippen LogP contribution in [0.5, 0.6) is 0 Å². The Hall–Kier alpha value is -0.530. The number of halogens is 1. The Labute approximate surface area is 96.8 Å². The topological polar surface area (TPSA) is 12.0 Å².